The van der Waals surface area contributed by atoms with E-state index in [1.807, 2.05) is 0 Å². The number of amides is 4. The van der Waals surface area contributed by atoms with Gasteiger partial charge in [0.15, 0.2) is 0 Å². The van der Waals surface area contributed by atoms with Crippen LogP contribution in [0.5, 0.6) is 0 Å². The first-order valence-electron chi connectivity index (χ1n) is 2.89. The van der Waals surface area contributed by atoms with Crippen molar-refractivity contribution in [3.05, 3.63) is 0 Å². The van der Waals surface area contributed by atoms with Gasteiger partial charge >= 0.3 is 12.1 Å². The lowest BCUT2D eigenvalue weighted by Crippen LogP contribution is -2.34. The predicted octanol–water partition coefficient (Wildman–Crippen LogP) is -0.588. The summed E-state index contributed by atoms with van der Waals surface area (Å²) in [6.45, 7) is 1.46. The molecular formula is C5H10N4O2. The van der Waals surface area contributed by atoms with Crippen molar-refractivity contribution in [1.29, 1.82) is 0 Å². The summed E-state index contributed by atoms with van der Waals surface area (Å²) in [6, 6.07) is -1.27. The molecule has 0 atom stereocenters. The van der Waals surface area contributed by atoms with E-state index in [9.17, 15) is 9.59 Å². The Morgan fingerprint density at radius 3 is 2.36 bits per heavy atom. The predicted molar refractivity (Wildman–Crippen MR) is 40.3 cm³/mol. The molecule has 0 aliphatic carbocycles. The van der Waals surface area contributed by atoms with E-state index >= 15 is 0 Å². The molecule has 0 saturated heterocycles. The van der Waals surface area contributed by atoms with Crippen LogP contribution in [0.1, 0.15) is 6.92 Å². The second kappa shape index (κ2) is 4.26. The lowest BCUT2D eigenvalue weighted by molar-refractivity contribution is 0.251. The minimum Gasteiger partial charge on any atom is -0.351 e. The van der Waals surface area contributed by atoms with Crippen molar-refractivity contribution >= 4 is 17.9 Å². The van der Waals surface area contributed by atoms with Crippen LogP contribution in [-0.2, 0) is 0 Å². The van der Waals surface area contributed by atoms with Gasteiger partial charge in [-0.1, -0.05) is 0 Å². The Balaban J connectivity index is 4.00. The van der Waals surface area contributed by atoms with Crippen molar-refractivity contribution in [2.45, 2.75) is 6.92 Å². The average Bonchev–Trinajstić information content (AvgIpc) is 1.85. The number of hydrogen-bond acceptors (Lipinski definition) is 2. The van der Waals surface area contributed by atoms with Crippen molar-refractivity contribution in [2.75, 3.05) is 7.05 Å². The van der Waals surface area contributed by atoms with Gasteiger partial charge in [-0.2, -0.15) is 4.99 Å². The second-order valence-corrected chi connectivity index (χ2v) is 1.74. The summed E-state index contributed by atoms with van der Waals surface area (Å²) in [5, 5.41) is 4.39. The number of amidine groups is 1. The largest absolute Gasteiger partial charge is 0.351 e. The molecule has 6 heteroatoms. The Kier molecular flexibility index (Phi) is 3.65. The topological polar surface area (TPSA) is 96.6 Å². The quantitative estimate of drug-likeness (QED) is 0.324. The molecule has 62 valence electrons. The minimum absolute atomic E-state index is 0.164. The van der Waals surface area contributed by atoms with E-state index in [2.05, 4.69) is 15.6 Å². The van der Waals surface area contributed by atoms with E-state index in [0.717, 1.165) is 0 Å². The molecule has 0 rings (SSSR count). The summed E-state index contributed by atoms with van der Waals surface area (Å²) in [4.78, 5) is 24.1. The Morgan fingerprint density at radius 1 is 1.45 bits per heavy atom. The first-order valence-corrected chi connectivity index (χ1v) is 2.89. The third-order valence-electron chi connectivity index (χ3n) is 0.787. The number of rotatable bonds is 0. The zero-order valence-corrected chi connectivity index (χ0v) is 6.34. The number of aliphatic imine (C=N–C) groups is 1. The van der Waals surface area contributed by atoms with Gasteiger partial charge in [0.2, 0.25) is 0 Å². The summed E-state index contributed by atoms with van der Waals surface area (Å²) < 4.78 is 0. The van der Waals surface area contributed by atoms with Gasteiger partial charge in [0.1, 0.15) is 5.84 Å². The fourth-order valence-electron chi connectivity index (χ4n) is 0.414. The van der Waals surface area contributed by atoms with Gasteiger partial charge in [0, 0.05) is 7.05 Å². The van der Waals surface area contributed by atoms with E-state index < -0.39 is 12.1 Å². The number of carbonyl (C=O) groups is 2. The van der Waals surface area contributed by atoms with E-state index in [1.165, 1.54) is 14.0 Å². The molecule has 0 radical (unpaired) electrons. The van der Waals surface area contributed by atoms with Crippen LogP contribution in [0.3, 0.4) is 0 Å². The van der Waals surface area contributed by atoms with E-state index in [4.69, 9.17) is 5.73 Å². The van der Waals surface area contributed by atoms with Crippen LogP contribution in [0.25, 0.3) is 0 Å². The number of hydrogen-bond donors (Lipinski definition) is 3. The van der Waals surface area contributed by atoms with Crippen molar-refractivity contribution in [3.8, 4) is 0 Å². The molecule has 0 aromatic heterocycles. The van der Waals surface area contributed by atoms with Crippen LogP contribution in [-0.4, -0.2) is 24.9 Å². The number of nitrogens with zero attached hydrogens (tertiary/aromatic N) is 1. The van der Waals surface area contributed by atoms with Gasteiger partial charge in [0.05, 0.1) is 0 Å². The Bertz CT molecular complexity index is 199. The fourth-order valence-corrected chi connectivity index (χ4v) is 0.414. The molecule has 0 spiro atoms. The molecule has 4 amide bonds. The number of urea groups is 2. The molecule has 0 unspecified atom stereocenters. The summed E-state index contributed by atoms with van der Waals surface area (Å²) in [6.07, 6.45) is 0. The molecule has 0 aliphatic rings. The van der Waals surface area contributed by atoms with Crippen LogP contribution in [0.4, 0.5) is 9.59 Å². The van der Waals surface area contributed by atoms with E-state index in [0.29, 0.717) is 0 Å². The summed E-state index contributed by atoms with van der Waals surface area (Å²) in [5.74, 6) is 0.164. The molecule has 0 heterocycles. The number of nitrogens with two attached hydrogens (primary N) is 1. The Labute approximate surface area is 63.9 Å². The lowest BCUT2D eigenvalue weighted by Gasteiger charge is -1.98. The number of carbonyl (C=O) groups excluding carboxylic acids is 2. The van der Waals surface area contributed by atoms with Crippen LogP contribution >= 0.6 is 0 Å². The van der Waals surface area contributed by atoms with Crippen molar-refractivity contribution < 1.29 is 9.59 Å². The number of nitrogens with one attached hydrogen (secondary N) is 2. The smallest absolute Gasteiger partial charge is 0.342 e. The zero-order chi connectivity index (χ0) is 8.85. The molecule has 0 fully saturated rings. The maximum Gasteiger partial charge on any atom is 0.342 e. The monoisotopic (exact) mass is 158 g/mol. The fraction of sp³-hybridized carbons (Fsp3) is 0.400. The molecule has 0 bridgehead atoms. The highest BCUT2D eigenvalue weighted by Gasteiger charge is 1.97. The summed E-state index contributed by atoms with van der Waals surface area (Å²) in [7, 11) is 1.43. The standard InChI is InChI=1S/C5H10N4O2/c1-3(8-4(6)10)9-5(11)7-2/h1-2H3,(H4,6,7,8,9,10,11). The highest BCUT2D eigenvalue weighted by molar-refractivity contribution is 6.00. The van der Waals surface area contributed by atoms with Crippen LogP contribution in [0.2, 0.25) is 0 Å². The van der Waals surface area contributed by atoms with Gasteiger partial charge in [0.25, 0.3) is 0 Å². The molecule has 0 aromatic carbocycles. The summed E-state index contributed by atoms with van der Waals surface area (Å²) >= 11 is 0. The first-order chi connectivity index (χ1) is 5.06. The van der Waals surface area contributed by atoms with Crippen LogP contribution in [0.15, 0.2) is 4.99 Å². The van der Waals surface area contributed by atoms with Gasteiger partial charge in [-0.3, -0.25) is 5.32 Å². The SMILES string of the molecule is CNC(=O)N=C(C)NC(N)=O. The van der Waals surface area contributed by atoms with Crippen molar-refractivity contribution in [2.24, 2.45) is 10.7 Å². The van der Waals surface area contributed by atoms with Crippen molar-refractivity contribution in [1.82, 2.24) is 10.6 Å². The maximum atomic E-state index is 10.5. The zero-order valence-electron chi connectivity index (χ0n) is 6.34. The highest BCUT2D eigenvalue weighted by atomic mass is 16.2. The maximum absolute atomic E-state index is 10.5. The summed E-state index contributed by atoms with van der Waals surface area (Å²) in [5.41, 5.74) is 4.75. The molecule has 4 N–H and O–H groups in total. The molecule has 0 aliphatic heterocycles. The van der Waals surface area contributed by atoms with Gasteiger partial charge < -0.3 is 11.1 Å². The van der Waals surface area contributed by atoms with Gasteiger partial charge in [-0.25, -0.2) is 9.59 Å². The molecule has 11 heavy (non-hydrogen) atoms. The van der Waals surface area contributed by atoms with E-state index in [-0.39, 0.29) is 5.84 Å². The first kappa shape index (κ1) is 9.41. The van der Waals surface area contributed by atoms with Gasteiger partial charge in [-0.15, -0.1) is 0 Å². The molecule has 0 aromatic rings. The number of primary amides is 1. The third-order valence-corrected chi connectivity index (χ3v) is 0.787. The molecular weight excluding hydrogens is 148 g/mol. The Hall–Kier alpha value is -1.59. The lowest BCUT2D eigenvalue weighted by atomic mass is 10.6. The molecule has 6 nitrogen and oxygen atoms in total. The van der Waals surface area contributed by atoms with Crippen LogP contribution in [0, 0.1) is 0 Å². The van der Waals surface area contributed by atoms with Crippen LogP contribution < -0.4 is 16.4 Å². The highest BCUT2D eigenvalue weighted by Crippen LogP contribution is 1.74. The normalized spacial score (nSPS) is 10.5. The minimum atomic E-state index is -0.741. The Morgan fingerprint density at radius 2 is 2.00 bits per heavy atom. The van der Waals surface area contributed by atoms with Crippen molar-refractivity contribution in [3.63, 3.8) is 0 Å². The third kappa shape index (κ3) is 4.89. The van der Waals surface area contributed by atoms with Gasteiger partial charge in [-0.05, 0) is 6.92 Å². The average molecular weight is 158 g/mol. The van der Waals surface area contributed by atoms with E-state index in [1.54, 1.807) is 0 Å². The molecule has 0 saturated carbocycles. The second-order valence-electron chi connectivity index (χ2n) is 1.74.